The van der Waals surface area contributed by atoms with Crippen molar-refractivity contribution in [2.24, 2.45) is 0 Å². The van der Waals surface area contributed by atoms with Gasteiger partial charge in [0.2, 0.25) is 0 Å². The van der Waals surface area contributed by atoms with E-state index in [9.17, 15) is 9.59 Å². The second-order valence-electron chi connectivity index (χ2n) is 4.44. The molecule has 0 fully saturated rings. The molecule has 0 radical (unpaired) electrons. The number of ketones is 1. The van der Waals surface area contributed by atoms with Crippen LogP contribution in [0.25, 0.3) is 0 Å². The minimum absolute atomic E-state index is 0.197. The van der Waals surface area contributed by atoms with Crippen LogP contribution >= 0.6 is 23.1 Å². The van der Waals surface area contributed by atoms with Gasteiger partial charge in [-0.1, -0.05) is 26.2 Å². The van der Waals surface area contributed by atoms with Crippen molar-refractivity contribution in [1.82, 2.24) is 0 Å². The van der Waals surface area contributed by atoms with Crippen molar-refractivity contribution in [2.75, 3.05) is 12.4 Å². The van der Waals surface area contributed by atoms with Gasteiger partial charge in [-0.2, -0.15) is 0 Å². The standard InChI is InChI=1S/C15H22O3S2/c1-3-5-6-7-8-12(16)15-13(9-10-19-15)20-11-14(17)18-4-2/h9-10H,3-8,11H2,1-2H3. The molecule has 0 saturated heterocycles. The monoisotopic (exact) mass is 314 g/mol. The SMILES string of the molecule is CCCCCCC(=O)c1sccc1SCC(=O)OCC. The molecule has 0 N–H and O–H groups in total. The van der Waals surface area contributed by atoms with Gasteiger partial charge < -0.3 is 4.74 Å². The van der Waals surface area contributed by atoms with E-state index in [2.05, 4.69) is 6.92 Å². The third-order valence-electron chi connectivity index (χ3n) is 2.79. The van der Waals surface area contributed by atoms with E-state index in [1.807, 2.05) is 11.4 Å². The molecule has 0 saturated carbocycles. The number of esters is 1. The fourth-order valence-electron chi connectivity index (χ4n) is 1.78. The molecule has 1 aromatic rings. The highest BCUT2D eigenvalue weighted by molar-refractivity contribution is 8.00. The van der Waals surface area contributed by atoms with Gasteiger partial charge in [-0.3, -0.25) is 9.59 Å². The number of thiophene rings is 1. The summed E-state index contributed by atoms with van der Waals surface area (Å²) < 4.78 is 4.89. The summed E-state index contributed by atoms with van der Waals surface area (Å²) in [7, 11) is 0. The van der Waals surface area contributed by atoms with Gasteiger partial charge in [0.05, 0.1) is 17.2 Å². The van der Waals surface area contributed by atoms with Crippen LogP contribution in [0.15, 0.2) is 16.3 Å². The molecular weight excluding hydrogens is 292 g/mol. The minimum atomic E-state index is -0.231. The van der Waals surface area contributed by atoms with Crippen LogP contribution in [0, 0.1) is 0 Å². The lowest BCUT2D eigenvalue weighted by molar-refractivity contribution is -0.139. The number of thioether (sulfide) groups is 1. The number of ether oxygens (including phenoxy) is 1. The maximum atomic E-state index is 12.1. The van der Waals surface area contributed by atoms with Crippen LogP contribution in [0.1, 0.15) is 55.6 Å². The van der Waals surface area contributed by atoms with Crippen molar-refractivity contribution in [3.8, 4) is 0 Å². The van der Waals surface area contributed by atoms with E-state index in [1.54, 1.807) is 6.92 Å². The number of Topliss-reactive ketones (excluding diaryl/α,β-unsaturated/α-hetero) is 1. The van der Waals surface area contributed by atoms with Gasteiger partial charge in [0, 0.05) is 11.3 Å². The molecule has 0 unspecified atom stereocenters. The molecule has 20 heavy (non-hydrogen) atoms. The first-order valence-electron chi connectivity index (χ1n) is 7.08. The van der Waals surface area contributed by atoms with E-state index in [-0.39, 0.29) is 17.5 Å². The Morgan fingerprint density at radius 3 is 2.75 bits per heavy atom. The quantitative estimate of drug-likeness (QED) is 0.275. The second kappa shape index (κ2) is 10.00. The van der Waals surface area contributed by atoms with Crippen molar-refractivity contribution < 1.29 is 14.3 Å². The van der Waals surface area contributed by atoms with Gasteiger partial charge in [0.25, 0.3) is 0 Å². The first kappa shape index (κ1) is 17.2. The van der Waals surface area contributed by atoms with E-state index < -0.39 is 0 Å². The van der Waals surface area contributed by atoms with E-state index in [1.165, 1.54) is 35.9 Å². The number of unbranched alkanes of at least 4 members (excludes halogenated alkanes) is 3. The minimum Gasteiger partial charge on any atom is -0.465 e. The summed E-state index contributed by atoms with van der Waals surface area (Å²) in [5.74, 6) is 0.230. The third kappa shape index (κ3) is 6.09. The Morgan fingerprint density at radius 2 is 2.05 bits per heavy atom. The first-order chi connectivity index (χ1) is 9.69. The second-order valence-corrected chi connectivity index (χ2v) is 6.37. The molecule has 0 aliphatic heterocycles. The van der Waals surface area contributed by atoms with Gasteiger partial charge in [0.15, 0.2) is 5.78 Å². The molecule has 0 aliphatic carbocycles. The van der Waals surface area contributed by atoms with Crippen LogP contribution in [0.4, 0.5) is 0 Å². The fraction of sp³-hybridized carbons (Fsp3) is 0.600. The zero-order valence-electron chi connectivity index (χ0n) is 12.1. The van der Waals surface area contributed by atoms with Crippen LogP contribution in [-0.4, -0.2) is 24.1 Å². The summed E-state index contributed by atoms with van der Waals surface area (Å²) in [4.78, 5) is 25.2. The number of hydrogen-bond donors (Lipinski definition) is 0. The van der Waals surface area contributed by atoms with E-state index in [0.29, 0.717) is 13.0 Å². The molecule has 5 heteroatoms. The third-order valence-corrected chi connectivity index (χ3v) is 4.91. The van der Waals surface area contributed by atoms with Crippen LogP contribution in [0.2, 0.25) is 0 Å². The highest BCUT2D eigenvalue weighted by atomic mass is 32.2. The first-order valence-corrected chi connectivity index (χ1v) is 8.94. The molecule has 1 heterocycles. The van der Waals surface area contributed by atoms with Gasteiger partial charge in [-0.15, -0.1) is 23.1 Å². The van der Waals surface area contributed by atoms with Gasteiger partial charge in [0.1, 0.15) is 0 Å². The molecule has 0 aromatic carbocycles. The topological polar surface area (TPSA) is 43.4 Å². The van der Waals surface area contributed by atoms with Crippen molar-refractivity contribution >= 4 is 34.9 Å². The molecule has 0 spiro atoms. The number of carbonyl (C=O) groups is 2. The molecule has 112 valence electrons. The normalized spacial score (nSPS) is 10.5. The Labute approximate surface area is 129 Å². The zero-order valence-corrected chi connectivity index (χ0v) is 13.8. The van der Waals surface area contributed by atoms with Gasteiger partial charge in [-0.25, -0.2) is 0 Å². The molecule has 0 bridgehead atoms. The fourth-order valence-corrected chi connectivity index (χ4v) is 3.71. The van der Waals surface area contributed by atoms with Gasteiger partial charge >= 0.3 is 5.97 Å². The van der Waals surface area contributed by atoms with Crippen LogP contribution in [0.3, 0.4) is 0 Å². The summed E-state index contributed by atoms with van der Waals surface area (Å²) in [6, 6.07) is 1.91. The Balaban J connectivity index is 2.44. The number of hydrogen-bond acceptors (Lipinski definition) is 5. The smallest absolute Gasteiger partial charge is 0.316 e. The number of carbonyl (C=O) groups excluding carboxylic acids is 2. The van der Waals surface area contributed by atoms with E-state index in [0.717, 1.165) is 22.6 Å². The Kier molecular flexibility index (Phi) is 8.62. The molecule has 1 aromatic heterocycles. The lowest BCUT2D eigenvalue weighted by Crippen LogP contribution is -2.07. The van der Waals surface area contributed by atoms with Crippen molar-refractivity contribution in [3.63, 3.8) is 0 Å². The summed E-state index contributed by atoms with van der Waals surface area (Å²) in [5.41, 5.74) is 0. The van der Waals surface area contributed by atoms with Crippen LogP contribution in [-0.2, 0) is 9.53 Å². The molecule has 0 aliphatic rings. The Morgan fingerprint density at radius 1 is 1.25 bits per heavy atom. The van der Waals surface area contributed by atoms with Crippen LogP contribution < -0.4 is 0 Å². The molecule has 1 rings (SSSR count). The molecule has 3 nitrogen and oxygen atoms in total. The Bertz CT molecular complexity index is 427. The zero-order chi connectivity index (χ0) is 14.8. The summed E-state index contributed by atoms with van der Waals surface area (Å²) in [6.07, 6.45) is 5.02. The lowest BCUT2D eigenvalue weighted by atomic mass is 10.1. The maximum absolute atomic E-state index is 12.1. The lowest BCUT2D eigenvalue weighted by Gasteiger charge is -2.04. The average molecular weight is 314 g/mol. The van der Waals surface area contributed by atoms with Crippen molar-refractivity contribution in [2.45, 2.75) is 50.8 Å². The van der Waals surface area contributed by atoms with Crippen molar-refractivity contribution in [3.05, 3.63) is 16.3 Å². The predicted octanol–water partition coefficient (Wildman–Crippen LogP) is 4.56. The summed E-state index contributed by atoms with van der Waals surface area (Å²) >= 11 is 2.85. The highest BCUT2D eigenvalue weighted by Gasteiger charge is 2.14. The average Bonchev–Trinajstić information content (AvgIpc) is 2.90. The van der Waals surface area contributed by atoms with Gasteiger partial charge in [-0.05, 0) is 24.8 Å². The van der Waals surface area contributed by atoms with E-state index in [4.69, 9.17) is 4.74 Å². The van der Waals surface area contributed by atoms with Crippen LogP contribution in [0.5, 0.6) is 0 Å². The summed E-state index contributed by atoms with van der Waals surface area (Å²) in [5, 5.41) is 1.91. The Hall–Kier alpha value is -0.810. The number of rotatable bonds is 10. The largest absolute Gasteiger partial charge is 0.465 e. The maximum Gasteiger partial charge on any atom is 0.316 e. The summed E-state index contributed by atoms with van der Waals surface area (Å²) in [6.45, 7) is 4.34. The van der Waals surface area contributed by atoms with Crippen molar-refractivity contribution in [1.29, 1.82) is 0 Å². The molecule has 0 atom stereocenters. The molecular formula is C15H22O3S2. The predicted molar refractivity (Wildman–Crippen MR) is 84.8 cm³/mol. The highest BCUT2D eigenvalue weighted by Crippen LogP contribution is 2.29. The molecule has 0 amide bonds. The van der Waals surface area contributed by atoms with E-state index >= 15 is 0 Å².